The predicted octanol–water partition coefficient (Wildman–Crippen LogP) is 4.61. The fourth-order valence-electron chi connectivity index (χ4n) is 2.55. The number of hydrogen-bond acceptors (Lipinski definition) is 4. The molecule has 4 rings (SSSR count). The molecule has 0 aliphatic carbocycles. The zero-order chi connectivity index (χ0) is 16.4. The van der Waals surface area contributed by atoms with Gasteiger partial charge in [0.15, 0.2) is 0 Å². The molecule has 2 aromatic carbocycles. The van der Waals surface area contributed by atoms with Crippen molar-refractivity contribution in [3.05, 3.63) is 77.2 Å². The SMILES string of the molecule is O=C(Nc1cc(-c2ccccc2)nc2ccccc12)c1cncs1. The molecule has 0 fully saturated rings. The van der Waals surface area contributed by atoms with E-state index in [4.69, 9.17) is 4.98 Å². The highest BCUT2D eigenvalue weighted by Crippen LogP contribution is 2.28. The maximum absolute atomic E-state index is 12.4. The number of nitrogens with zero attached hydrogens (tertiary/aromatic N) is 2. The summed E-state index contributed by atoms with van der Waals surface area (Å²) in [6.07, 6.45) is 1.57. The highest BCUT2D eigenvalue weighted by atomic mass is 32.1. The van der Waals surface area contributed by atoms with Gasteiger partial charge in [0.2, 0.25) is 0 Å². The van der Waals surface area contributed by atoms with Crippen molar-refractivity contribution >= 4 is 33.8 Å². The van der Waals surface area contributed by atoms with Crippen molar-refractivity contribution < 1.29 is 4.79 Å². The molecule has 0 aliphatic heterocycles. The summed E-state index contributed by atoms with van der Waals surface area (Å²) >= 11 is 1.32. The van der Waals surface area contributed by atoms with Crippen LogP contribution < -0.4 is 5.32 Å². The van der Waals surface area contributed by atoms with Crippen molar-refractivity contribution in [2.45, 2.75) is 0 Å². The largest absolute Gasteiger partial charge is 0.321 e. The van der Waals surface area contributed by atoms with E-state index in [1.54, 1.807) is 11.7 Å². The number of carbonyl (C=O) groups is 1. The molecule has 1 N–H and O–H groups in total. The molecule has 0 unspecified atom stereocenters. The molecule has 0 atom stereocenters. The van der Waals surface area contributed by atoms with Gasteiger partial charge >= 0.3 is 0 Å². The number of pyridine rings is 1. The van der Waals surface area contributed by atoms with Gasteiger partial charge in [0.05, 0.1) is 28.6 Å². The lowest BCUT2D eigenvalue weighted by Gasteiger charge is -2.10. The van der Waals surface area contributed by atoms with Gasteiger partial charge in [0.25, 0.3) is 5.91 Å². The third-order valence-corrected chi connectivity index (χ3v) is 4.46. The average molecular weight is 331 g/mol. The first-order valence-corrected chi connectivity index (χ1v) is 8.34. The maximum Gasteiger partial charge on any atom is 0.267 e. The number of amides is 1. The van der Waals surface area contributed by atoms with Gasteiger partial charge in [-0.25, -0.2) is 4.98 Å². The van der Waals surface area contributed by atoms with E-state index in [-0.39, 0.29) is 5.91 Å². The van der Waals surface area contributed by atoms with E-state index < -0.39 is 0 Å². The van der Waals surface area contributed by atoms with E-state index >= 15 is 0 Å². The molecule has 0 saturated carbocycles. The summed E-state index contributed by atoms with van der Waals surface area (Å²) in [5.41, 5.74) is 5.08. The molecule has 0 radical (unpaired) electrons. The number of fused-ring (bicyclic) bond motifs is 1. The minimum atomic E-state index is -0.159. The van der Waals surface area contributed by atoms with Gasteiger partial charge in [-0.2, -0.15) is 0 Å². The zero-order valence-electron chi connectivity index (χ0n) is 12.6. The number of nitrogens with one attached hydrogen (secondary N) is 1. The molecule has 0 spiro atoms. The molecule has 1 amide bonds. The number of para-hydroxylation sites is 1. The minimum absolute atomic E-state index is 0.159. The number of aromatic nitrogens is 2. The predicted molar refractivity (Wildman–Crippen MR) is 97.2 cm³/mol. The molecule has 116 valence electrons. The molecular formula is C19H13N3OS. The highest BCUT2D eigenvalue weighted by Gasteiger charge is 2.12. The maximum atomic E-state index is 12.4. The Morgan fingerprint density at radius 2 is 1.79 bits per heavy atom. The smallest absolute Gasteiger partial charge is 0.267 e. The van der Waals surface area contributed by atoms with Crippen LogP contribution in [-0.2, 0) is 0 Å². The van der Waals surface area contributed by atoms with Crippen molar-refractivity contribution in [2.75, 3.05) is 5.32 Å². The lowest BCUT2D eigenvalue weighted by Crippen LogP contribution is -2.11. The number of benzene rings is 2. The van der Waals surface area contributed by atoms with Gasteiger partial charge in [0, 0.05) is 10.9 Å². The molecule has 0 bridgehead atoms. The lowest BCUT2D eigenvalue weighted by molar-refractivity contribution is 0.103. The van der Waals surface area contributed by atoms with E-state index in [1.807, 2.05) is 60.7 Å². The molecule has 2 aromatic heterocycles. The van der Waals surface area contributed by atoms with Crippen LogP contribution in [0.1, 0.15) is 9.67 Å². The van der Waals surface area contributed by atoms with Crippen LogP contribution >= 0.6 is 11.3 Å². The first-order valence-electron chi connectivity index (χ1n) is 7.46. The highest BCUT2D eigenvalue weighted by molar-refractivity contribution is 7.11. The van der Waals surface area contributed by atoms with E-state index in [0.717, 1.165) is 27.8 Å². The number of hydrogen-bond donors (Lipinski definition) is 1. The standard InChI is InChI=1S/C19H13N3OS/c23-19(18-11-20-12-24-18)22-17-10-16(13-6-2-1-3-7-13)21-15-9-5-4-8-14(15)17/h1-12H,(H,21,22,23). The van der Waals surface area contributed by atoms with Gasteiger partial charge in [-0.1, -0.05) is 48.5 Å². The fraction of sp³-hybridized carbons (Fsp3) is 0. The Kier molecular flexibility index (Phi) is 3.76. The Hall–Kier alpha value is -3.05. The second-order valence-corrected chi connectivity index (χ2v) is 6.14. The van der Waals surface area contributed by atoms with Crippen LogP contribution in [0.3, 0.4) is 0 Å². The van der Waals surface area contributed by atoms with Crippen LogP contribution in [-0.4, -0.2) is 15.9 Å². The van der Waals surface area contributed by atoms with Gasteiger partial charge in [-0.05, 0) is 12.1 Å². The summed E-state index contributed by atoms with van der Waals surface area (Å²) in [5.74, 6) is -0.159. The number of rotatable bonds is 3. The second kappa shape index (κ2) is 6.22. The third kappa shape index (κ3) is 2.77. The molecular weight excluding hydrogens is 318 g/mol. The summed E-state index contributed by atoms with van der Waals surface area (Å²) in [4.78, 5) is 21.7. The zero-order valence-corrected chi connectivity index (χ0v) is 13.5. The first-order chi connectivity index (χ1) is 11.8. The quantitative estimate of drug-likeness (QED) is 0.596. The summed E-state index contributed by atoms with van der Waals surface area (Å²) in [5, 5.41) is 3.90. The Labute approximate surface area is 142 Å². The van der Waals surface area contributed by atoms with Gasteiger partial charge < -0.3 is 5.32 Å². The second-order valence-electron chi connectivity index (χ2n) is 5.26. The molecule has 4 nitrogen and oxygen atoms in total. The molecule has 0 aliphatic rings. The monoisotopic (exact) mass is 331 g/mol. The van der Waals surface area contributed by atoms with Crippen LogP contribution in [0.5, 0.6) is 0 Å². The van der Waals surface area contributed by atoms with Gasteiger partial charge in [-0.15, -0.1) is 11.3 Å². The van der Waals surface area contributed by atoms with E-state index in [9.17, 15) is 4.79 Å². The number of thiazole rings is 1. The molecule has 2 heterocycles. The molecule has 4 aromatic rings. The van der Waals surface area contributed by atoms with Crippen LogP contribution in [0.4, 0.5) is 5.69 Å². The van der Waals surface area contributed by atoms with Gasteiger partial charge in [-0.3, -0.25) is 9.78 Å². The van der Waals surface area contributed by atoms with Crippen molar-refractivity contribution in [3.8, 4) is 11.3 Å². The third-order valence-electron chi connectivity index (χ3n) is 3.69. The van der Waals surface area contributed by atoms with Crippen LogP contribution in [0.25, 0.3) is 22.2 Å². The summed E-state index contributed by atoms with van der Waals surface area (Å²) in [7, 11) is 0. The van der Waals surface area contributed by atoms with E-state index in [0.29, 0.717) is 4.88 Å². The average Bonchev–Trinajstić information content (AvgIpc) is 3.17. The van der Waals surface area contributed by atoms with Gasteiger partial charge in [0.1, 0.15) is 4.88 Å². The minimum Gasteiger partial charge on any atom is -0.321 e. The molecule has 0 saturated heterocycles. The van der Waals surface area contributed by atoms with Crippen molar-refractivity contribution in [1.82, 2.24) is 9.97 Å². The lowest BCUT2D eigenvalue weighted by atomic mass is 10.1. The van der Waals surface area contributed by atoms with Crippen LogP contribution in [0.15, 0.2) is 72.4 Å². The van der Waals surface area contributed by atoms with E-state index in [2.05, 4.69) is 10.3 Å². The van der Waals surface area contributed by atoms with Crippen molar-refractivity contribution in [2.24, 2.45) is 0 Å². The normalized spacial score (nSPS) is 10.7. The summed E-state index contributed by atoms with van der Waals surface area (Å²) in [6, 6.07) is 19.6. The summed E-state index contributed by atoms with van der Waals surface area (Å²) in [6.45, 7) is 0. The van der Waals surface area contributed by atoms with Crippen LogP contribution in [0.2, 0.25) is 0 Å². The van der Waals surface area contributed by atoms with E-state index in [1.165, 1.54) is 11.3 Å². The number of carbonyl (C=O) groups excluding carboxylic acids is 1. The first kappa shape index (κ1) is 14.5. The van der Waals surface area contributed by atoms with Crippen LogP contribution in [0, 0.1) is 0 Å². The Balaban J connectivity index is 1.82. The number of anilines is 1. The fourth-order valence-corrected chi connectivity index (χ4v) is 3.06. The van der Waals surface area contributed by atoms with Crippen molar-refractivity contribution in [1.29, 1.82) is 0 Å². The summed E-state index contributed by atoms with van der Waals surface area (Å²) < 4.78 is 0. The Morgan fingerprint density at radius 1 is 1.00 bits per heavy atom. The molecule has 24 heavy (non-hydrogen) atoms. The Bertz CT molecular complexity index is 998. The van der Waals surface area contributed by atoms with Crippen molar-refractivity contribution in [3.63, 3.8) is 0 Å². The Morgan fingerprint density at radius 3 is 2.58 bits per heavy atom. The molecule has 5 heteroatoms. The topological polar surface area (TPSA) is 54.9 Å².